The zero-order chi connectivity index (χ0) is 23.5. The first-order chi connectivity index (χ1) is 15.8. The van der Waals surface area contributed by atoms with Crippen LogP contribution in [0.3, 0.4) is 0 Å². The first-order valence-corrected chi connectivity index (χ1v) is 11.9. The summed E-state index contributed by atoms with van der Waals surface area (Å²) in [6.45, 7) is 3.72. The van der Waals surface area contributed by atoms with Crippen LogP contribution in [-0.2, 0) is 24.7 Å². The second kappa shape index (κ2) is 7.78. The maximum Gasteiger partial charge on any atom is 0.252 e. The SMILES string of the molecule is CC(=O)Nc1ccc(N2C(=O)[C@H]3[C@@H](C2=O)[C@]2(N[C@@H]3C)C(=O)N(CCBr)c3ccccc32)cc1. The van der Waals surface area contributed by atoms with Gasteiger partial charge in [0.25, 0.3) is 5.91 Å². The fraction of sp³-hybridized carbons (Fsp3) is 0.333. The predicted molar refractivity (Wildman–Crippen MR) is 127 cm³/mol. The van der Waals surface area contributed by atoms with Gasteiger partial charge < -0.3 is 10.2 Å². The van der Waals surface area contributed by atoms with Crippen LogP contribution in [0.2, 0.25) is 0 Å². The summed E-state index contributed by atoms with van der Waals surface area (Å²) in [7, 11) is 0. The third kappa shape index (κ3) is 2.99. The van der Waals surface area contributed by atoms with E-state index in [-0.39, 0.29) is 23.8 Å². The molecule has 3 heterocycles. The second-order valence-corrected chi connectivity index (χ2v) is 9.44. The van der Waals surface area contributed by atoms with Gasteiger partial charge in [0.15, 0.2) is 0 Å². The van der Waals surface area contributed by atoms with Gasteiger partial charge in [-0.3, -0.25) is 24.5 Å². The van der Waals surface area contributed by atoms with Crippen LogP contribution in [0.15, 0.2) is 48.5 Å². The average molecular weight is 511 g/mol. The van der Waals surface area contributed by atoms with E-state index in [2.05, 4.69) is 26.6 Å². The molecule has 0 bridgehead atoms. The molecule has 4 atom stereocenters. The van der Waals surface area contributed by atoms with Crippen molar-refractivity contribution < 1.29 is 19.2 Å². The van der Waals surface area contributed by atoms with Gasteiger partial charge in [-0.1, -0.05) is 34.1 Å². The lowest BCUT2D eigenvalue weighted by molar-refractivity contribution is -0.132. The molecule has 5 rings (SSSR count). The number of halogens is 1. The van der Waals surface area contributed by atoms with Crippen LogP contribution >= 0.6 is 15.9 Å². The molecular weight excluding hydrogens is 488 g/mol. The molecular formula is C24H23BrN4O4. The highest BCUT2D eigenvalue weighted by Gasteiger charge is 2.70. The van der Waals surface area contributed by atoms with Gasteiger partial charge in [-0.15, -0.1) is 0 Å². The van der Waals surface area contributed by atoms with Crippen LogP contribution in [0.1, 0.15) is 19.4 Å². The molecule has 0 aromatic heterocycles. The largest absolute Gasteiger partial charge is 0.326 e. The highest BCUT2D eigenvalue weighted by molar-refractivity contribution is 9.09. The highest BCUT2D eigenvalue weighted by atomic mass is 79.9. The minimum atomic E-state index is -1.28. The Bertz CT molecular complexity index is 1180. The van der Waals surface area contributed by atoms with Gasteiger partial charge in [-0.05, 0) is 37.3 Å². The van der Waals surface area contributed by atoms with Gasteiger partial charge in [0, 0.05) is 41.8 Å². The van der Waals surface area contributed by atoms with Gasteiger partial charge in [0.2, 0.25) is 17.7 Å². The third-order valence-corrected chi connectivity index (χ3v) is 7.12. The quantitative estimate of drug-likeness (QED) is 0.486. The maximum atomic E-state index is 13.8. The molecule has 2 saturated heterocycles. The number of nitrogens with zero attached hydrogens (tertiary/aromatic N) is 2. The van der Waals surface area contributed by atoms with E-state index >= 15 is 0 Å². The molecule has 0 radical (unpaired) electrons. The fourth-order valence-electron chi connectivity index (χ4n) is 5.57. The van der Waals surface area contributed by atoms with Crippen LogP contribution in [0, 0.1) is 11.8 Å². The predicted octanol–water partition coefficient (Wildman–Crippen LogP) is 2.38. The van der Waals surface area contributed by atoms with E-state index in [4.69, 9.17) is 0 Å². The topological polar surface area (TPSA) is 98.8 Å². The molecule has 4 amide bonds. The van der Waals surface area contributed by atoms with Crippen LogP contribution in [0.25, 0.3) is 0 Å². The Hall–Kier alpha value is -3.04. The van der Waals surface area contributed by atoms with Gasteiger partial charge in [-0.2, -0.15) is 0 Å². The first kappa shape index (κ1) is 21.8. The molecule has 170 valence electrons. The van der Waals surface area contributed by atoms with Crippen molar-refractivity contribution in [3.63, 3.8) is 0 Å². The Morgan fingerprint density at radius 2 is 1.79 bits per heavy atom. The molecule has 9 heteroatoms. The van der Waals surface area contributed by atoms with Crippen molar-refractivity contribution in [2.45, 2.75) is 25.4 Å². The number of carbonyl (C=O) groups is 4. The van der Waals surface area contributed by atoms with Gasteiger partial charge in [0.05, 0.1) is 17.5 Å². The number of carbonyl (C=O) groups excluding carboxylic acids is 4. The second-order valence-electron chi connectivity index (χ2n) is 8.65. The lowest BCUT2D eigenvalue weighted by atomic mass is 9.76. The Balaban J connectivity index is 1.58. The van der Waals surface area contributed by atoms with Crippen molar-refractivity contribution in [3.8, 4) is 0 Å². The zero-order valence-electron chi connectivity index (χ0n) is 18.2. The number of hydrogen-bond acceptors (Lipinski definition) is 5. The summed E-state index contributed by atoms with van der Waals surface area (Å²) in [6, 6.07) is 13.7. The van der Waals surface area contributed by atoms with Crippen LogP contribution < -0.4 is 20.4 Å². The summed E-state index contributed by atoms with van der Waals surface area (Å²) in [6.07, 6.45) is 0. The fourth-order valence-corrected chi connectivity index (χ4v) is 5.92. The monoisotopic (exact) mass is 510 g/mol. The Morgan fingerprint density at radius 1 is 1.09 bits per heavy atom. The molecule has 3 aliphatic heterocycles. The van der Waals surface area contributed by atoms with Gasteiger partial charge >= 0.3 is 0 Å². The van der Waals surface area contributed by atoms with E-state index in [1.165, 1.54) is 11.8 Å². The summed E-state index contributed by atoms with van der Waals surface area (Å²) in [4.78, 5) is 55.3. The highest BCUT2D eigenvalue weighted by Crippen LogP contribution is 2.54. The molecule has 33 heavy (non-hydrogen) atoms. The number of imide groups is 1. The van der Waals surface area contributed by atoms with Crippen LogP contribution in [0.4, 0.5) is 17.1 Å². The minimum absolute atomic E-state index is 0.202. The third-order valence-electron chi connectivity index (χ3n) is 6.77. The average Bonchev–Trinajstić information content (AvgIpc) is 3.33. The molecule has 0 unspecified atom stereocenters. The molecule has 1 spiro atoms. The van der Waals surface area contributed by atoms with E-state index in [0.717, 1.165) is 11.3 Å². The van der Waals surface area contributed by atoms with Crippen LogP contribution in [0.5, 0.6) is 0 Å². The summed E-state index contributed by atoms with van der Waals surface area (Å²) in [5, 5.41) is 6.63. The molecule has 2 aromatic carbocycles. The number of rotatable bonds is 4. The Kier molecular flexibility index (Phi) is 5.13. The molecule has 3 aliphatic rings. The number of hydrogen-bond donors (Lipinski definition) is 2. The van der Waals surface area contributed by atoms with Crippen molar-refractivity contribution in [3.05, 3.63) is 54.1 Å². The number of amides is 4. The standard InChI is InChI=1S/C24H23BrN4O4/c1-13-19-20(22(32)29(21(19)31)16-9-7-15(8-10-16)26-14(2)30)24(27-13)17-5-3-4-6-18(17)28(12-11-25)23(24)33/h3-10,13,19-20,27H,11-12H2,1-2H3,(H,26,30)/t13-,19-,20+,24+/m1/s1. The number of nitrogens with one attached hydrogen (secondary N) is 2. The van der Waals surface area contributed by atoms with E-state index in [1.54, 1.807) is 29.2 Å². The van der Waals surface area contributed by atoms with E-state index < -0.39 is 23.3 Å². The van der Waals surface area contributed by atoms with E-state index in [9.17, 15) is 19.2 Å². The van der Waals surface area contributed by atoms with Gasteiger partial charge in [0.1, 0.15) is 5.54 Å². The number of alkyl halides is 1. The normalized spacial score (nSPS) is 28.0. The minimum Gasteiger partial charge on any atom is -0.326 e. The number of fused-ring (bicyclic) bond motifs is 4. The van der Waals surface area contributed by atoms with E-state index in [1.807, 2.05) is 31.2 Å². The molecule has 2 aromatic rings. The number of benzene rings is 2. The van der Waals surface area contributed by atoms with Crippen molar-refractivity contribution in [2.75, 3.05) is 27.0 Å². The zero-order valence-corrected chi connectivity index (χ0v) is 19.8. The molecule has 0 aliphatic carbocycles. The number of anilines is 3. The molecule has 0 saturated carbocycles. The first-order valence-electron chi connectivity index (χ1n) is 10.8. The lowest BCUT2D eigenvalue weighted by Gasteiger charge is -2.30. The summed E-state index contributed by atoms with van der Waals surface area (Å²) < 4.78 is 0. The summed E-state index contributed by atoms with van der Waals surface area (Å²) >= 11 is 3.42. The smallest absolute Gasteiger partial charge is 0.252 e. The lowest BCUT2D eigenvalue weighted by Crippen LogP contribution is -2.55. The van der Waals surface area contributed by atoms with Crippen molar-refractivity contribution in [2.24, 2.45) is 11.8 Å². The maximum absolute atomic E-state index is 13.8. The Labute approximate surface area is 199 Å². The molecule has 8 nitrogen and oxygen atoms in total. The van der Waals surface area contributed by atoms with Gasteiger partial charge in [-0.25, -0.2) is 4.90 Å². The van der Waals surface area contributed by atoms with Crippen molar-refractivity contribution in [1.82, 2.24) is 5.32 Å². The summed E-state index contributed by atoms with van der Waals surface area (Å²) in [5.41, 5.74) is 1.22. The van der Waals surface area contributed by atoms with Crippen molar-refractivity contribution in [1.29, 1.82) is 0 Å². The van der Waals surface area contributed by atoms with Crippen LogP contribution in [-0.4, -0.2) is 41.5 Å². The molecule has 2 fully saturated rings. The number of para-hydroxylation sites is 1. The van der Waals surface area contributed by atoms with Crippen molar-refractivity contribution >= 4 is 56.6 Å². The summed E-state index contributed by atoms with van der Waals surface area (Å²) in [5.74, 6) is -2.63. The molecule has 2 N–H and O–H groups in total. The van der Waals surface area contributed by atoms with E-state index in [0.29, 0.717) is 23.2 Å². The Morgan fingerprint density at radius 3 is 2.45 bits per heavy atom.